The summed E-state index contributed by atoms with van der Waals surface area (Å²) in [4.78, 5) is 14.9. The largest absolute Gasteiger partial charge is 0.453 e. The summed E-state index contributed by atoms with van der Waals surface area (Å²) in [6.45, 7) is 0. The molecule has 5 heteroatoms. The van der Waals surface area contributed by atoms with E-state index in [9.17, 15) is 0 Å². The zero-order valence-electron chi connectivity index (χ0n) is 33.5. The third kappa shape index (κ3) is 6.14. The Bertz CT molecular complexity index is 3420. The van der Waals surface area contributed by atoms with E-state index in [4.69, 9.17) is 19.7 Å². The van der Waals surface area contributed by atoms with Crippen LogP contribution in [0, 0.1) is 0 Å². The third-order valence-electron chi connectivity index (χ3n) is 11.8. The zero-order valence-corrected chi connectivity index (χ0v) is 33.5. The minimum absolute atomic E-state index is 0.630. The summed E-state index contributed by atoms with van der Waals surface area (Å²) in [6.07, 6.45) is 0. The molecule has 0 fully saturated rings. The van der Waals surface area contributed by atoms with E-state index in [1.807, 2.05) is 66.7 Å². The lowest BCUT2D eigenvalue weighted by atomic mass is 9.95. The van der Waals surface area contributed by atoms with E-state index in [0.29, 0.717) is 17.5 Å². The molecule has 3 heterocycles. The average Bonchev–Trinajstić information content (AvgIpc) is 3.70. The van der Waals surface area contributed by atoms with Crippen molar-refractivity contribution in [2.75, 3.05) is 0 Å². The molecule has 12 rings (SSSR count). The lowest BCUT2D eigenvalue weighted by Crippen LogP contribution is -2.04. The Labute approximate surface area is 358 Å². The molecule has 0 unspecified atom stereocenters. The number of aromatic nitrogens is 4. The molecule has 5 nitrogen and oxygen atoms in total. The van der Waals surface area contributed by atoms with Crippen molar-refractivity contribution in [3.05, 3.63) is 218 Å². The molecule has 0 atom stereocenters. The Kier molecular flexibility index (Phi) is 8.42. The highest BCUT2D eigenvalue weighted by Crippen LogP contribution is 2.50. The van der Waals surface area contributed by atoms with Gasteiger partial charge in [0, 0.05) is 27.5 Å². The second-order valence-electron chi connectivity index (χ2n) is 15.6. The molecule has 0 N–H and O–H groups in total. The van der Waals surface area contributed by atoms with E-state index in [0.717, 1.165) is 78.3 Å². The predicted octanol–water partition coefficient (Wildman–Crippen LogP) is 14.7. The van der Waals surface area contributed by atoms with E-state index in [-0.39, 0.29) is 0 Å². The van der Waals surface area contributed by atoms with Crippen LogP contribution in [0.5, 0.6) is 11.5 Å². The van der Waals surface area contributed by atoms with Gasteiger partial charge in [0.15, 0.2) is 29.0 Å². The average molecular weight is 793 g/mol. The minimum Gasteiger partial charge on any atom is -0.453 e. The Hall–Kier alpha value is -8.41. The molecule has 1 aliphatic heterocycles. The van der Waals surface area contributed by atoms with Gasteiger partial charge in [-0.1, -0.05) is 170 Å². The normalized spacial score (nSPS) is 11.7. The van der Waals surface area contributed by atoms with Crippen molar-refractivity contribution in [1.29, 1.82) is 0 Å². The van der Waals surface area contributed by atoms with Gasteiger partial charge in [-0.15, -0.1) is 0 Å². The molecule has 290 valence electrons. The Balaban J connectivity index is 0.975. The van der Waals surface area contributed by atoms with Gasteiger partial charge >= 0.3 is 0 Å². The molecular weight excluding hydrogens is 757 g/mol. The second-order valence-corrected chi connectivity index (χ2v) is 15.6. The van der Waals surface area contributed by atoms with E-state index in [1.54, 1.807) is 0 Å². The standard InChI is InChI=1S/C57H36N4O/c1-5-15-37(16-6-1)45-28-31-50-52(36-45)62-51-32-29-47(38-17-7-2-8-18-38)53-48-35-44(27-30-49(48)61(50)54(51)53)42-24-13-23-41(33-42)43-25-14-26-46(34-43)57-59-55(39-19-9-3-10-20-39)58-56(60-57)40-21-11-4-12-22-40/h1-36H. The van der Waals surface area contributed by atoms with E-state index < -0.39 is 0 Å². The van der Waals surface area contributed by atoms with Crippen LogP contribution in [0.15, 0.2) is 218 Å². The van der Waals surface area contributed by atoms with Crippen molar-refractivity contribution in [2.45, 2.75) is 0 Å². The highest BCUT2D eigenvalue weighted by Gasteiger charge is 2.27. The highest BCUT2D eigenvalue weighted by molar-refractivity contribution is 6.19. The van der Waals surface area contributed by atoms with Crippen molar-refractivity contribution in [3.8, 4) is 95.9 Å². The summed E-state index contributed by atoms with van der Waals surface area (Å²) in [5.41, 5.74) is 15.1. The van der Waals surface area contributed by atoms with Gasteiger partial charge in [0.25, 0.3) is 0 Å². The summed E-state index contributed by atoms with van der Waals surface area (Å²) < 4.78 is 9.17. The Morgan fingerprint density at radius 3 is 1.40 bits per heavy atom. The molecule has 0 radical (unpaired) electrons. The van der Waals surface area contributed by atoms with Gasteiger partial charge in [0.1, 0.15) is 0 Å². The first kappa shape index (κ1) is 35.5. The fraction of sp³-hybridized carbons (Fsp3) is 0. The quantitative estimate of drug-likeness (QED) is 0.161. The molecule has 11 aromatic rings. The molecule has 0 amide bonds. The number of benzene rings is 9. The number of hydrogen-bond acceptors (Lipinski definition) is 4. The maximum absolute atomic E-state index is 6.78. The topological polar surface area (TPSA) is 52.8 Å². The Morgan fingerprint density at radius 1 is 0.323 bits per heavy atom. The van der Waals surface area contributed by atoms with Crippen molar-refractivity contribution < 1.29 is 4.74 Å². The van der Waals surface area contributed by atoms with Gasteiger partial charge in [-0.05, 0) is 93.0 Å². The van der Waals surface area contributed by atoms with Gasteiger partial charge in [-0.2, -0.15) is 0 Å². The second kappa shape index (κ2) is 14.7. The summed E-state index contributed by atoms with van der Waals surface area (Å²) in [6, 6.07) is 76.4. The van der Waals surface area contributed by atoms with Gasteiger partial charge in [0.2, 0.25) is 0 Å². The fourth-order valence-corrected chi connectivity index (χ4v) is 8.85. The van der Waals surface area contributed by atoms with Crippen molar-refractivity contribution >= 4 is 21.8 Å². The molecule has 0 aliphatic carbocycles. The van der Waals surface area contributed by atoms with E-state index in [2.05, 4.69) is 156 Å². The molecule has 1 aliphatic rings. The predicted molar refractivity (Wildman–Crippen MR) is 252 cm³/mol. The molecule has 9 aromatic carbocycles. The molecule has 0 bridgehead atoms. The van der Waals surface area contributed by atoms with Crippen LogP contribution < -0.4 is 4.74 Å². The van der Waals surface area contributed by atoms with Crippen LogP contribution in [0.1, 0.15) is 0 Å². The first-order chi connectivity index (χ1) is 30.7. The molecule has 0 saturated carbocycles. The molecule has 2 aromatic heterocycles. The fourth-order valence-electron chi connectivity index (χ4n) is 8.85. The first-order valence-electron chi connectivity index (χ1n) is 20.8. The lowest BCUT2D eigenvalue weighted by molar-refractivity contribution is 0.476. The minimum atomic E-state index is 0.630. The van der Waals surface area contributed by atoms with Crippen LogP contribution in [0.3, 0.4) is 0 Å². The Morgan fingerprint density at radius 2 is 0.790 bits per heavy atom. The third-order valence-corrected chi connectivity index (χ3v) is 11.8. The van der Waals surface area contributed by atoms with Crippen molar-refractivity contribution in [1.82, 2.24) is 19.5 Å². The number of ether oxygens (including phenoxy) is 1. The number of hydrogen-bond donors (Lipinski definition) is 0. The summed E-state index contributed by atoms with van der Waals surface area (Å²) in [7, 11) is 0. The van der Waals surface area contributed by atoms with Gasteiger partial charge in [-0.3, -0.25) is 0 Å². The molecule has 0 saturated heterocycles. The van der Waals surface area contributed by atoms with E-state index >= 15 is 0 Å². The van der Waals surface area contributed by atoms with Crippen molar-refractivity contribution in [3.63, 3.8) is 0 Å². The maximum Gasteiger partial charge on any atom is 0.164 e. The number of rotatable bonds is 7. The smallest absolute Gasteiger partial charge is 0.164 e. The van der Waals surface area contributed by atoms with Crippen LogP contribution in [0.2, 0.25) is 0 Å². The molecular formula is C57H36N4O. The van der Waals surface area contributed by atoms with Crippen LogP contribution >= 0.6 is 0 Å². The summed E-state index contributed by atoms with van der Waals surface area (Å²) in [5, 5.41) is 2.35. The first-order valence-corrected chi connectivity index (χ1v) is 20.8. The zero-order chi connectivity index (χ0) is 41.0. The van der Waals surface area contributed by atoms with Crippen LogP contribution in [-0.4, -0.2) is 19.5 Å². The maximum atomic E-state index is 6.78. The molecule has 0 spiro atoms. The number of fused-ring (bicyclic) bond motifs is 5. The molecule has 62 heavy (non-hydrogen) atoms. The number of nitrogens with zero attached hydrogens (tertiary/aromatic N) is 4. The van der Waals surface area contributed by atoms with Crippen LogP contribution in [0.4, 0.5) is 0 Å². The van der Waals surface area contributed by atoms with Crippen molar-refractivity contribution in [2.24, 2.45) is 0 Å². The van der Waals surface area contributed by atoms with Crippen LogP contribution in [-0.2, 0) is 0 Å². The van der Waals surface area contributed by atoms with E-state index in [1.165, 1.54) is 21.9 Å². The summed E-state index contributed by atoms with van der Waals surface area (Å²) >= 11 is 0. The SMILES string of the molecule is c1ccc(-c2ccc3c(c2)Oc2ccc(-c4ccccc4)c4c5cc(-c6cccc(-c7cccc(-c8nc(-c9ccccc9)nc(-c9ccccc9)n8)c7)c6)ccc5n-3c24)cc1. The van der Waals surface area contributed by atoms with Gasteiger partial charge < -0.3 is 9.30 Å². The lowest BCUT2D eigenvalue weighted by Gasteiger charge is -2.22. The monoisotopic (exact) mass is 792 g/mol. The van der Waals surface area contributed by atoms with Gasteiger partial charge in [0.05, 0.1) is 16.7 Å². The highest BCUT2D eigenvalue weighted by atomic mass is 16.5. The van der Waals surface area contributed by atoms with Gasteiger partial charge in [-0.25, -0.2) is 15.0 Å². The summed E-state index contributed by atoms with van der Waals surface area (Å²) in [5.74, 6) is 3.60. The van der Waals surface area contributed by atoms with Crippen LogP contribution in [0.25, 0.3) is 106 Å².